The average Bonchev–Trinajstić information content (AvgIpc) is 2.96. The fraction of sp³-hybridized carbons (Fsp3) is 0.0625. The monoisotopic (exact) mass is 288 g/mol. The Bertz CT molecular complexity index is 738. The van der Waals surface area contributed by atoms with Crippen molar-refractivity contribution in [2.45, 2.75) is 0 Å². The molecule has 0 spiro atoms. The molecule has 0 unspecified atom stereocenters. The molecule has 0 bridgehead atoms. The molecular formula is C16H10F2O3. The van der Waals surface area contributed by atoms with Crippen LogP contribution in [0.5, 0.6) is 11.5 Å². The average molecular weight is 288 g/mol. The molecule has 0 radical (unpaired) electrons. The number of benzene rings is 2. The van der Waals surface area contributed by atoms with Gasteiger partial charge >= 0.3 is 0 Å². The highest BCUT2D eigenvalue weighted by Gasteiger charge is 2.15. The predicted octanol–water partition coefficient (Wildman–Crippen LogP) is 3.59. The number of ether oxygens (including phenoxy) is 2. The third-order valence-electron chi connectivity index (χ3n) is 3.05. The van der Waals surface area contributed by atoms with Crippen molar-refractivity contribution >= 4 is 11.9 Å². The van der Waals surface area contributed by atoms with Gasteiger partial charge in [-0.25, -0.2) is 8.78 Å². The van der Waals surface area contributed by atoms with E-state index in [4.69, 9.17) is 9.47 Å². The second-order valence-corrected chi connectivity index (χ2v) is 4.41. The third-order valence-corrected chi connectivity index (χ3v) is 3.05. The van der Waals surface area contributed by atoms with Gasteiger partial charge in [-0.05, 0) is 36.4 Å². The molecule has 5 heteroatoms. The molecule has 0 atom stereocenters. The van der Waals surface area contributed by atoms with Gasteiger partial charge in [0.1, 0.15) is 0 Å². The molecular weight excluding hydrogens is 278 g/mol. The van der Waals surface area contributed by atoms with Gasteiger partial charge in [-0.15, -0.1) is 0 Å². The lowest BCUT2D eigenvalue weighted by atomic mass is 10.1. The quantitative estimate of drug-likeness (QED) is 0.639. The van der Waals surface area contributed by atoms with E-state index in [-0.39, 0.29) is 18.1 Å². The molecule has 1 aliphatic rings. The zero-order valence-electron chi connectivity index (χ0n) is 10.8. The Hall–Kier alpha value is -2.69. The fourth-order valence-corrected chi connectivity index (χ4v) is 1.96. The first kappa shape index (κ1) is 13.3. The molecule has 3 nitrogen and oxygen atoms in total. The van der Waals surface area contributed by atoms with Crippen LogP contribution in [0.25, 0.3) is 6.08 Å². The minimum Gasteiger partial charge on any atom is -0.454 e. The van der Waals surface area contributed by atoms with E-state index in [1.165, 1.54) is 24.3 Å². The van der Waals surface area contributed by atoms with Crippen molar-refractivity contribution in [2.24, 2.45) is 0 Å². The van der Waals surface area contributed by atoms with Crippen LogP contribution in [0.2, 0.25) is 0 Å². The fourth-order valence-electron chi connectivity index (χ4n) is 1.96. The maximum absolute atomic E-state index is 13.5. The molecule has 106 valence electrons. The van der Waals surface area contributed by atoms with Gasteiger partial charge in [0.05, 0.1) is 0 Å². The van der Waals surface area contributed by atoms with Crippen molar-refractivity contribution in [1.29, 1.82) is 0 Å². The summed E-state index contributed by atoms with van der Waals surface area (Å²) >= 11 is 0. The molecule has 0 saturated heterocycles. The van der Waals surface area contributed by atoms with Gasteiger partial charge in [0.15, 0.2) is 28.9 Å². The van der Waals surface area contributed by atoms with E-state index in [1.54, 1.807) is 18.2 Å². The van der Waals surface area contributed by atoms with E-state index in [2.05, 4.69) is 0 Å². The molecule has 0 amide bonds. The number of rotatable bonds is 3. The van der Waals surface area contributed by atoms with Crippen LogP contribution in [0.4, 0.5) is 8.78 Å². The van der Waals surface area contributed by atoms with Crippen LogP contribution in [0.15, 0.2) is 42.5 Å². The first-order chi connectivity index (χ1) is 10.1. The van der Waals surface area contributed by atoms with Gasteiger partial charge in [0, 0.05) is 11.1 Å². The Balaban J connectivity index is 1.83. The summed E-state index contributed by atoms with van der Waals surface area (Å²) in [5.41, 5.74) is 0.399. The zero-order valence-corrected chi connectivity index (χ0v) is 10.8. The molecule has 0 saturated carbocycles. The SMILES string of the molecule is O=C(C=Cc1cccc(F)c1F)c1ccc2c(c1)OCO2. The summed E-state index contributed by atoms with van der Waals surface area (Å²) in [5.74, 6) is -1.20. The Labute approximate surface area is 119 Å². The predicted molar refractivity (Wildman–Crippen MR) is 72.3 cm³/mol. The van der Waals surface area contributed by atoms with Gasteiger partial charge in [-0.3, -0.25) is 4.79 Å². The lowest BCUT2D eigenvalue weighted by Crippen LogP contribution is -1.95. The third kappa shape index (κ3) is 2.63. The largest absolute Gasteiger partial charge is 0.454 e. The van der Waals surface area contributed by atoms with Crippen molar-refractivity contribution < 1.29 is 23.0 Å². The number of ketones is 1. The summed E-state index contributed by atoms with van der Waals surface area (Å²) in [4.78, 5) is 12.0. The number of hydrogen-bond donors (Lipinski definition) is 0. The molecule has 0 aliphatic carbocycles. The summed E-state index contributed by atoms with van der Waals surface area (Å²) < 4.78 is 36.8. The summed E-state index contributed by atoms with van der Waals surface area (Å²) in [6, 6.07) is 8.56. The van der Waals surface area contributed by atoms with E-state index in [0.29, 0.717) is 17.1 Å². The lowest BCUT2D eigenvalue weighted by Gasteiger charge is -2.00. The van der Waals surface area contributed by atoms with Crippen molar-refractivity contribution in [3.8, 4) is 11.5 Å². The van der Waals surface area contributed by atoms with Crippen LogP contribution in [-0.4, -0.2) is 12.6 Å². The second kappa shape index (κ2) is 5.36. The molecule has 3 rings (SSSR count). The van der Waals surface area contributed by atoms with Crippen LogP contribution in [0.3, 0.4) is 0 Å². The molecule has 1 heterocycles. The van der Waals surface area contributed by atoms with Gasteiger partial charge < -0.3 is 9.47 Å². The highest BCUT2D eigenvalue weighted by atomic mass is 19.2. The number of hydrogen-bond acceptors (Lipinski definition) is 3. The zero-order chi connectivity index (χ0) is 14.8. The summed E-state index contributed by atoms with van der Waals surface area (Å²) in [5, 5.41) is 0. The van der Waals surface area contributed by atoms with Gasteiger partial charge in [-0.2, -0.15) is 0 Å². The highest BCUT2D eigenvalue weighted by molar-refractivity contribution is 6.07. The van der Waals surface area contributed by atoms with E-state index in [9.17, 15) is 13.6 Å². The van der Waals surface area contributed by atoms with Crippen molar-refractivity contribution in [1.82, 2.24) is 0 Å². The maximum Gasteiger partial charge on any atom is 0.231 e. The van der Waals surface area contributed by atoms with E-state index < -0.39 is 11.6 Å². The summed E-state index contributed by atoms with van der Waals surface area (Å²) in [7, 11) is 0. The number of carbonyl (C=O) groups excluding carboxylic acids is 1. The van der Waals surface area contributed by atoms with Crippen molar-refractivity contribution in [3.63, 3.8) is 0 Å². The molecule has 2 aromatic rings. The van der Waals surface area contributed by atoms with E-state index >= 15 is 0 Å². The number of allylic oxidation sites excluding steroid dienone is 1. The minimum absolute atomic E-state index is 0.0177. The molecule has 1 aliphatic heterocycles. The highest BCUT2D eigenvalue weighted by Crippen LogP contribution is 2.32. The van der Waals surface area contributed by atoms with Crippen molar-refractivity contribution in [3.05, 3.63) is 65.2 Å². The van der Waals surface area contributed by atoms with Crippen LogP contribution in [0, 0.1) is 11.6 Å². The van der Waals surface area contributed by atoms with E-state index in [1.807, 2.05) is 0 Å². The van der Waals surface area contributed by atoms with Gasteiger partial charge in [0.25, 0.3) is 0 Å². The normalized spacial score (nSPS) is 12.9. The van der Waals surface area contributed by atoms with Crippen LogP contribution >= 0.6 is 0 Å². The van der Waals surface area contributed by atoms with Crippen molar-refractivity contribution in [2.75, 3.05) is 6.79 Å². The second-order valence-electron chi connectivity index (χ2n) is 4.41. The Morgan fingerprint density at radius 3 is 2.76 bits per heavy atom. The maximum atomic E-state index is 13.5. The smallest absolute Gasteiger partial charge is 0.231 e. The number of carbonyl (C=O) groups is 1. The molecule has 21 heavy (non-hydrogen) atoms. The molecule has 0 aromatic heterocycles. The van der Waals surface area contributed by atoms with Gasteiger partial charge in [-0.1, -0.05) is 12.1 Å². The van der Waals surface area contributed by atoms with Gasteiger partial charge in [0.2, 0.25) is 6.79 Å². The van der Waals surface area contributed by atoms with Crippen LogP contribution < -0.4 is 9.47 Å². The molecule has 2 aromatic carbocycles. The lowest BCUT2D eigenvalue weighted by molar-refractivity contribution is 0.104. The Morgan fingerprint density at radius 2 is 1.90 bits per heavy atom. The standard InChI is InChI=1S/C16H10F2O3/c17-12-3-1-2-10(16(12)18)4-6-13(19)11-5-7-14-15(8-11)21-9-20-14/h1-8H,9H2. The Morgan fingerprint density at radius 1 is 1.10 bits per heavy atom. The molecule has 0 N–H and O–H groups in total. The topological polar surface area (TPSA) is 35.5 Å². The first-order valence-electron chi connectivity index (χ1n) is 6.21. The number of halogens is 2. The van der Waals surface area contributed by atoms with E-state index in [0.717, 1.165) is 6.07 Å². The summed E-state index contributed by atoms with van der Waals surface area (Å²) in [6.45, 7) is 0.122. The van der Waals surface area contributed by atoms with Crippen LogP contribution in [0.1, 0.15) is 15.9 Å². The number of fused-ring (bicyclic) bond motifs is 1. The molecule has 0 fully saturated rings. The van der Waals surface area contributed by atoms with Crippen LogP contribution in [-0.2, 0) is 0 Å². The summed E-state index contributed by atoms with van der Waals surface area (Å²) in [6.07, 6.45) is 2.43. The minimum atomic E-state index is -0.979. The Kier molecular flexibility index (Phi) is 3.39. The first-order valence-corrected chi connectivity index (χ1v) is 6.21.